The second kappa shape index (κ2) is 7.29. The predicted octanol–water partition coefficient (Wildman–Crippen LogP) is 1.06. The third-order valence-corrected chi connectivity index (χ3v) is 4.99. The zero-order valence-corrected chi connectivity index (χ0v) is 14.9. The van der Waals surface area contributed by atoms with E-state index in [1.54, 1.807) is 4.90 Å². The molecule has 0 radical (unpaired) electrons. The molecule has 0 saturated heterocycles. The van der Waals surface area contributed by atoms with Crippen LogP contribution >= 0.6 is 0 Å². The van der Waals surface area contributed by atoms with Crippen molar-refractivity contribution in [1.29, 1.82) is 0 Å². The maximum Gasteiger partial charge on any atom is 0.253 e. The highest BCUT2D eigenvalue weighted by Crippen LogP contribution is 2.33. The van der Waals surface area contributed by atoms with Crippen molar-refractivity contribution in [2.75, 3.05) is 28.7 Å². The molecule has 2 atom stereocenters. The molecule has 138 valence electrons. The first-order valence-corrected chi connectivity index (χ1v) is 8.83. The van der Waals surface area contributed by atoms with Crippen LogP contribution in [0.5, 0.6) is 0 Å². The summed E-state index contributed by atoms with van der Waals surface area (Å²) in [6.45, 7) is 4.31. The predicted molar refractivity (Wildman–Crippen MR) is 101 cm³/mol. The third-order valence-electron chi connectivity index (χ3n) is 4.99. The van der Waals surface area contributed by atoms with Gasteiger partial charge in [-0.1, -0.05) is 38.5 Å². The van der Waals surface area contributed by atoms with Crippen LogP contribution in [-0.4, -0.2) is 30.2 Å². The van der Waals surface area contributed by atoms with Gasteiger partial charge in [-0.2, -0.15) is 0 Å². The summed E-state index contributed by atoms with van der Waals surface area (Å²) in [6.07, 6.45) is 0.750. The molecule has 0 saturated carbocycles. The van der Waals surface area contributed by atoms with Crippen molar-refractivity contribution in [2.45, 2.75) is 32.9 Å². The molecule has 1 heterocycles. The lowest BCUT2D eigenvalue weighted by atomic mass is 9.95. The van der Waals surface area contributed by atoms with Crippen LogP contribution in [0.2, 0.25) is 0 Å². The van der Waals surface area contributed by atoms with Gasteiger partial charge < -0.3 is 20.6 Å². The first kappa shape index (κ1) is 18.1. The molecule has 3 N–H and O–H groups in total. The second-order valence-electron chi connectivity index (χ2n) is 6.64. The number of aliphatic hydroxyl groups is 1. The molecule has 0 spiro atoms. The number of nitrogens with one attached hydrogen (secondary N) is 2. The molecule has 1 aliphatic heterocycles. The molecule has 1 amide bonds. The number of fused-ring (bicyclic) bond motifs is 1. The second-order valence-corrected chi connectivity index (χ2v) is 6.64. The number of rotatable bonds is 6. The average Bonchev–Trinajstić information content (AvgIpc) is 2.79. The number of anilines is 3. The minimum Gasteiger partial charge on any atom is -0.395 e. The number of aliphatic hydroxyl groups excluding tert-OH is 1. The fourth-order valence-electron chi connectivity index (χ4n) is 3.42. The van der Waals surface area contributed by atoms with Crippen LogP contribution in [0.1, 0.15) is 25.8 Å². The molecule has 7 nitrogen and oxygen atoms in total. The van der Waals surface area contributed by atoms with E-state index in [1.165, 1.54) is 0 Å². The Kier molecular flexibility index (Phi) is 5.08. The number of hydrogen-bond acceptors (Lipinski definition) is 6. The highest BCUT2D eigenvalue weighted by molar-refractivity contribution is 5.99. The van der Waals surface area contributed by atoms with Gasteiger partial charge in [-0.05, 0) is 17.5 Å². The molecule has 0 bridgehead atoms. The summed E-state index contributed by atoms with van der Waals surface area (Å²) < 4.78 is 0. The van der Waals surface area contributed by atoms with Gasteiger partial charge in [0.05, 0.1) is 6.61 Å². The Labute approximate surface area is 151 Å². The van der Waals surface area contributed by atoms with Gasteiger partial charge in [-0.15, -0.1) is 0 Å². The summed E-state index contributed by atoms with van der Waals surface area (Å²) in [4.78, 5) is 39.0. The van der Waals surface area contributed by atoms with E-state index in [9.17, 15) is 14.4 Å². The summed E-state index contributed by atoms with van der Waals surface area (Å²) in [5.74, 6) is -0.204. The molecule has 26 heavy (non-hydrogen) atoms. The van der Waals surface area contributed by atoms with E-state index in [4.69, 9.17) is 5.11 Å². The molecular weight excluding hydrogens is 334 g/mol. The molecule has 2 aromatic carbocycles. The third kappa shape index (κ3) is 2.99. The minimum absolute atomic E-state index is 0.0144. The summed E-state index contributed by atoms with van der Waals surface area (Å²) in [6, 6.07) is 6.88. The lowest BCUT2D eigenvalue weighted by molar-refractivity contribution is -0.118. The van der Waals surface area contributed by atoms with Crippen molar-refractivity contribution in [1.82, 2.24) is 0 Å². The number of amides is 1. The van der Waals surface area contributed by atoms with Gasteiger partial charge in [0.1, 0.15) is 17.4 Å². The number of carbonyl (C=O) groups is 1. The first-order chi connectivity index (χ1) is 12.5. The maximum atomic E-state index is 12.9. The highest BCUT2D eigenvalue weighted by atomic mass is 16.3. The molecule has 3 rings (SSSR count). The number of hydrogen-bond donors (Lipinski definition) is 3. The number of benzene rings is 1. The van der Waals surface area contributed by atoms with Crippen LogP contribution in [0.15, 0.2) is 33.9 Å². The van der Waals surface area contributed by atoms with Crippen LogP contribution in [0.4, 0.5) is 17.1 Å². The fourth-order valence-corrected chi connectivity index (χ4v) is 3.42. The van der Waals surface area contributed by atoms with Crippen LogP contribution in [0.25, 0.3) is 0 Å². The molecule has 2 aromatic rings. The van der Waals surface area contributed by atoms with Crippen molar-refractivity contribution in [3.8, 4) is 0 Å². The maximum absolute atomic E-state index is 12.9. The molecule has 0 aromatic heterocycles. The molecule has 0 unspecified atom stereocenters. The number of para-hydroxylation sites is 1. The van der Waals surface area contributed by atoms with Crippen molar-refractivity contribution in [2.24, 2.45) is 5.92 Å². The van der Waals surface area contributed by atoms with E-state index in [1.807, 2.05) is 38.1 Å². The topological polar surface area (TPSA) is 98.7 Å². The molecule has 0 fully saturated rings. The van der Waals surface area contributed by atoms with Gasteiger partial charge in [0.2, 0.25) is 5.91 Å². The zero-order valence-electron chi connectivity index (χ0n) is 14.9. The van der Waals surface area contributed by atoms with E-state index >= 15 is 0 Å². The molecule has 1 aliphatic rings. The van der Waals surface area contributed by atoms with Crippen LogP contribution in [0, 0.1) is 5.92 Å². The van der Waals surface area contributed by atoms with Gasteiger partial charge in [-0.25, -0.2) is 0 Å². The van der Waals surface area contributed by atoms with Crippen molar-refractivity contribution < 1.29 is 9.90 Å². The normalized spacial score (nSPS) is 18.2. The quantitative estimate of drug-likeness (QED) is 0.669. The fraction of sp³-hybridized carbons (Fsp3) is 0.421. The van der Waals surface area contributed by atoms with Crippen molar-refractivity contribution in [3.63, 3.8) is 0 Å². The van der Waals surface area contributed by atoms with E-state index in [0.717, 1.165) is 17.7 Å². The van der Waals surface area contributed by atoms with Crippen LogP contribution < -0.4 is 26.4 Å². The van der Waals surface area contributed by atoms with Gasteiger partial charge >= 0.3 is 0 Å². The van der Waals surface area contributed by atoms with E-state index in [2.05, 4.69) is 10.6 Å². The van der Waals surface area contributed by atoms with Gasteiger partial charge in [0.15, 0.2) is 0 Å². The molecular formula is C19H23N3O4. The van der Waals surface area contributed by atoms with E-state index in [-0.39, 0.29) is 36.4 Å². The zero-order chi connectivity index (χ0) is 18.8. The molecule has 0 aliphatic carbocycles. The minimum atomic E-state index is -0.603. The Bertz CT molecular complexity index is 885. The van der Waals surface area contributed by atoms with Gasteiger partial charge in [-0.3, -0.25) is 14.4 Å². The van der Waals surface area contributed by atoms with Gasteiger partial charge in [0, 0.05) is 18.8 Å². The Morgan fingerprint density at radius 1 is 1.27 bits per heavy atom. The summed E-state index contributed by atoms with van der Waals surface area (Å²) in [5.41, 5.74) is 0.829. The van der Waals surface area contributed by atoms with Crippen LogP contribution in [-0.2, 0) is 11.3 Å². The standard InChI is InChI=1S/C19H23N3O4/c1-3-11(2)15-19(26)21-13-7-5-4-6-12(13)10-22(15)16-14(20-8-9-23)17(24)18(16)25/h4-7,11,15,20,23H,3,8-10H2,1-2H3,(H,21,26)/t11-,15-/m0/s1. The smallest absolute Gasteiger partial charge is 0.253 e. The lowest BCUT2D eigenvalue weighted by Gasteiger charge is -2.35. The lowest BCUT2D eigenvalue weighted by Crippen LogP contribution is -2.52. The van der Waals surface area contributed by atoms with E-state index < -0.39 is 16.9 Å². The summed E-state index contributed by atoms with van der Waals surface area (Å²) >= 11 is 0. The largest absolute Gasteiger partial charge is 0.395 e. The summed E-state index contributed by atoms with van der Waals surface area (Å²) in [5, 5.41) is 14.8. The monoisotopic (exact) mass is 357 g/mol. The van der Waals surface area contributed by atoms with Crippen molar-refractivity contribution >= 4 is 23.0 Å². The Morgan fingerprint density at radius 3 is 2.69 bits per heavy atom. The Morgan fingerprint density at radius 2 is 2.00 bits per heavy atom. The summed E-state index contributed by atoms with van der Waals surface area (Å²) in [7, 11) is 0. The Hall–Kier alpha value is -2.67. The average molecular weight is 357 g/mol. The van der Waals surface area contributed by atoms with E-state index in [0.29, 0.717) is 6.54 Å². The molecule has 7 heteroatoms. The van der Waals surface area contributed by atoms with Gasteiger partial charge in [0.25, 0.3) is 10.9 Å². The number of nitrogens with zero attached hydrogens (tertiary/aromatic N) is 1. The SMILES string of the molecule is CC[C@H](C)[C@H]1C(=O)Nc2ccccc2CN1c1c(NCCO)c(=O)c1=O. The Balaban J connectivity index is 2.09. The van der Waals surface area contributed by atoms with Crippen LogP contribution in [0.3, 0.4) is 0 Å². The highest BCUT2D eigenvalue weighted by Gasteiger charge is 2.38. The first-order valence-electron chi connectivity index (χ1n) is 8.83. The van der Waals surface area contributed by atoms with Crippen molar-refractivity contribution in [3.05, 3.63) is 50.3 Å². The number of carbonyl (C=O) groups excluding carboxylic acids is 1.